The Morgan fingerprint density at radius 3 is 2.44 bits per heavy atom. The van der Waals surface area contributed by atoms with Crippen molar-refractivity contribution in [1.29, 1.82) is 0 Å². The van der Waals surface area contributed by atoms with Crippen molar-refractivity contribution in [3.63, 3.8) is 0 Å². The lowest BCUT2D eigenvalue weighted by atomic mass is 10.0. The van der Waals surface area contributed by atoms with E-state index in [2.05, 4.69) is 64.3 Å². The Morgan fingerprint density at radius 2 is 1.89 bits per heavy atom. The third-order valence-corrected chi connectivity index (χ3v) is 3.46. The van der Waals surface area contributed by atoms with Crippen LogP contribution in [0.15, 0.2) is 41.0 Å². The fourth-order valence-electron chi connectivity index (χ4n) is 1.59. The first kappa shape index (κ1) is 13.4. The Bertz CT molecular complexity index is 538. The molecule has 2 rings (SSSR count). The lowest BCUT2D eigenvalue weighted by Crippen LogP contribution is -1.95. The first-order valence-electron chi connectivity index (χ1n) is 5.74. The van der Waals surface area contributed by atoms with Crippen molar-refractivity contribution >= 4 is 39.0 Å². The molecule has 0 saturated heterocycles. The third-order valence-electron chi connectivity index (χ3n) is 2.65. The summed E-state index contributed by atoms with van der Waals surface area (Å²) in [7, 11) is 0. The zero-order valence-corrected chi connectivity index (χ0v) is 12.6. The summed E-state index contributed by atoms with van der Waals surface area (Å²) in [6, 6.07) is 10.2. The Hall–Kier alpha value is -1.06. The van der Waals surface area contributed by atoms with Crippen molar-refractivity contribution < 1.29 is 0 Å². The summed E-state index contributed by atoms with van der Waals surface area (Å²) >= 11 is 9.29. The van der Waals surface area contributed by atoms with Gasteiger partial charge in [-0.3, -0.25) is 0 Å². The lowest BCUT2D eigenvalue weighted by Gasteiger charge is -2.10. The summed E-state index contributed by atoms with van der Waals surface area (Å²) < 4.78 is 0.850. The normalized spacial score (nSPS) is 10.7. The molecule has 0 aliphatic carbocycles. The fraction of sp³-hybridized carbons (Fsp3) is 0.214. The number of rotatable bonds is 3. The molecule has 1 heterocycles. The van der Waals surface area contributed by atoms with Gasteiger partial charge in [-0.2, -0.15) is 0 Å². The van der Waals surface area contributed by atoms with Crippen LogP contribution in [0.1, 0.15) is 25.3 Å². The molecule has 4 heteroatoms. The molecule has 0 spiro atoms. The van der Waals surface area contributed by atoms with Gasteiger partial charge in [0.1, 0.15) is 5.82 Å². The van der Waals surface area contributed by atoms with E-state index in [9.17, 15) is 0 Å². The topological polar surface area (TPSA) is 24.9 Å². The first-order chi connectivity index (χ1) is 8.56. The second-order valence-electron chi connectivity index (χ2n) is 4.39. The van der Waals surface area contributed by atoms with Crippen LogP contribution in [0.4, 0.5) is 11.5 Å². The predicted molar refractivity (Wildman–Crippen MR) is 80.8 cm³/mol. The molecular weight excluding hydrogens is 312 g/mol. The Kier molecular flexibility index (Phi) is 4.25. The smallest absolute Gasteiger partial charge is 0.144 e. The minimum absolute atomic E-state index is 0.541. The molecule has 0 radical (unpaired) electrons. The molecule has 0 aliphatic rings. The predicted octanol–water partition coefficient (Wildman–Crippen LogP) is 5.36. The highest BCUT2D eigenvalue weighted by atomic mass is 79.9. The molecule has 18 heavy (non-hydrogen) atoms. The van der Waals surface area contributed by atoms with Gasteiger partial charge in [-0.15, -0.1) is 0 Å². The van der Waals surface area contributed by atoms with Crippen molar-refractivity contribution in [2.24, 2.45) is 0 Å². The van der Waals surface area contributed by atoms with Crippen molar-refractivity contribution in [2.75, 3.05) is 5.32 Å². The molecule has 0 bridgehead atoms. The van der Waals surface area contributed by atoms with Gasteiger partial charge in [-0.1, -0.05) is 37.6 Å². The van der Waals surface area contributed by atoms with Gasteiger partial charge in [-0.05, 0) is 45.6 Å². The second kappa shape index (κ2) is 5.72. The molecule has 2 aromatic rings. The molecule has 1 aromatic heterocycles. The summed E-state index contributed by atoms with van der Waals surface area (Å²) in [4.78, 5) is 4.24. The van der Waals surface area contributed by atoms with Crippen molar-refractivity contribution in [1.82, 2.24) is 4.98 Å². The zero-order valence-electron chi connectivity index (χ0n) is 10.2. The third kappa shape index (κ3) is 3.24. The Morgan fingerprint density at radius 1 is 1.22 bits per heavy atom. The average molecular weight is 326 g/mol. The van der Waals surface area contributed by atoms with Crippen molar-refractivity contribution in [3.8, 4) is 0 Å². The highest BCUT2D eigenvalue weighted by molar-refractivity contribution is 9.10. The Balaban J connectivity index is 2.18. The van der Waals surface area contributed by atoms with E-state index < -0.39 is 0 Å². The summed E-state index contributed by atoms with van der Waals surface area (Å²) in [6.07, 6.45) is 1.62. The molecule has 1 N–H and O–H groups in total. The molecule has 0 atom stereocenters. The molecule has 0 saturated carbocycles. The Labute approximate surface area is 121 Å². The van der Waals surface area contributed by atoms with Gasteiger partial charge in [0.2, 0.25) is 0 Å². The van der Waals surface area contributed by atoms with E-state index in [0.717, 1.165) is 16.0 Å². The number of anilines is 2. The molecular formula is C14H14BrClN2. The minimum atomic E-state index is 0.541. The number of nitrogens with one attached hydrogen (secondary N) is 1. The molecule has 94 valence electrons. The van der Waals surface area contributed by atoms with E-state index in [4.69, 9.17) is 11.6 Å². The standard InChI is InChI=1S/C14H14BrClN2/c1-9(2)10-3-5-12(6-4-10)18-14-13(15)7-11(16)8-17-14/h3-9H,1-2H3,(H,17,18). The van der Waals surface area contributed by atoms with Gasteiger partial charge in [-0.25, -0.2) is 4.98 Å². The highest BCUT2D eigenvalue weighted by Crippen LogP contribution is 2.26. The van der Waals surface area contributed by atoms with Crippen LogP contribution in [0.25, 0.3) is 0 Å². The quantitative estimate of drug-likeness (QED) is 0.821. The van der Waals surface area contributed by atoms with E-state index in [1.807, 2.05) is 6.07 Å². The van der Waals surface area contributed by atoms with E-state index in [0.29, 0.717) is 10.9 Å². The first-order valence-corrected chi connectivity index (χ1v) is 6.91. The minimum Gasteiger partial charge on any atom is -0.339 e. The van der Waals surface area contributed by atoms with Gasteiger partial charge < -0.3 is 5.32 Å². The average Bonchev–Trinajstić information content (AvgIpc) is 2.33. The van der Waals surface area contributed by atoms with Crippen LogP contribution in [-0.4, -0.2) is 4.98 Å². The second-order valence-corrected chi connectivity index (χ2v) is 5.68. The SMILES string of the molecule is CC(C)c1ccc(Nc2ncc(Cl)cc2Br)cc1. The molecule has 0 amide bonds. The monoisotopic (exact) mass is 324 g/mol. The summed E-state index contributed by atoms with van der Waals surface area (Å²) in [6.45, 7) is 4.36. The van der Waals surface area contributed by atoms with Crippen LogP contribution >= 0.6 is 27.5 Å². The summed E-state index contributed by atoms with van der Waals surface area (Å²) in [5.41, 5.74) is 2.33. The zero-order chi connectivity index (χ0) is 13.1. The maximum Gasteiger partial charge on any atom is 0.144 e. The summed E-state index contributed by atoms with van der Waals surface area (Å²) in [5.74, 6) is 1.30. The van der Waals surface area contributed by atoms with Crippen molar-refractivity contribution in [3.05, 3.63) is 51.6 Å². The van der Waals surface area contributed by atoms with Crippen LogP contribution in [0.5, 0.6) is 0 Å². The van der Waals surface area contributed by atoms with Crippen LogP contribution in [0.2, 0.25) is 5.02 Å². The van der Waals surface area contributed by atoms with Crippen LogP contribution in [-0.2, 0) is 0 Å². The van der Waals surface area contributed by atoms with E-state index in [1.165, 1.54) is 5.56 Å². The molecule has 2 nitrogen and oxygen atoms in total. The van der Waals surface area contributed by atoms with Gasteiger partial charge in [0.25, 0.3) is 0 Å². The number of pyridine rings is 1. The molecule has 0 aliphatic heterocycles. The molecule has 0 fully saturated rings. The number of hydrogen-bond donors (Lipinski definition) is 1. The van der Waals surface area contributed by atoms with Gasteiger partial charge in [0.05, 0.1) is 9.50 Å². The van der Waals surface area contributed by atoms with Gasteiger partial charge >= 0.3 is 0 Å². The van der Waals surface area contributed by atoms with Crippen molar-refractivity contribution in [2.45, 2.75) is 19.8 Å². The fourth-order valence-corrected chi connectivity index (χ4v) is 2.33. The van der Waals surface area contributed by atoms with Crippen LogP contribution in [0, 0.1) is 0 Å². The number of aromatic nitrogens is 1. The number of benzene rings is 1. The maximum atomic E-state index is 5.86. The highest BCUT2D eigenvalue weighted by Gasteiger charge is 2.04. The van der Waals surface area contributed by atoms with Gasteiger partial charge in [0.15, 0.2) is 0 Å². The summed E-state index contributed by atoms with van der Waals surface area (Å²) in [5, 5.41) is 3.86. The number of halogens is 2. The van der Waals surface area contributed by atoms with E-state index in [-0.39, 0.29) is 0 Å². The van der Waals surface area contributed by atoms with E-state index in [1.54, 1.807) is 6.20 Å². The van der Waals surface area contributed by atoms with Crippen LogP contribution in [0.3, 0.4) is 0 Å². The molecule has 0 unspecified atom stereocenters. The molecule has 1 aromatic carbocycles. The maximum absolute atomic E-state index is 5.86. The van der Waals surface area contributed by atoms with E-state index >= 15 is 0 Å². The number of nitrogens with zero attached hydrogens (tertiary/aromatic N) is 1. The largest absolute Gasteiger partial charge is 0.339 e. The van der Waals surface area contributed by atoms with Crippen LogP contribution < -0.4 is 5.32 Å². The lowest BCUT2D eigenvalue weighted by molar-refractivity contribution is 0.867. The number of hydrogen-bond acceptors (Lipinski definition) is 2. The van der Waals surface area contributed by atoms with Gasteiger partial charge in [0, 0.05) is 11.9 Å².